The van der Waals surface area contributed by atoms with Crippen molar-refractivity contribution in [3.05, 3.63) is 29.8 Å². The minimum atomic E-state index is -3.44. The Morgan fingerprint density at radius 1 is 1.19 bits per heavy atom. The fourth-order valence-corrected chi connectivity index (χ4v) is 4.29. The SMILES string of the molecule is NCC#Cc1ccc(S(=O)(=O)N2CC3CCC(C2)O3)cc1. The molecular weight excluding hydrogens is 288 g/mol. The molecule has 2 bridgehead atoms. The van der Waals surface area contributed by atoms with E-state index in [-0.39, 0.29) is 18.8 Å². The minimum absolute atomic E-state index is 0.0493. The van der Waals surface area contributed by atoms with E-state index in [0.717, 1.165) is 18.4 Å². The van der Waals surface area contributed by atoms with Crippen molar-refractivity contribution in [3.8, 4) is 11.8 Å². The molecule has 2 saturated heterocycles. The normalized spacial score (nSPS) is 25.4. The molecule has 1 aromatic rings. The van der Waals surface area contributed by atoms with Gasteiger partial charge in [-0.1, -0.05) is 11.8 Å². The summed E-state index contributed by atoms with van der Waals surface area (Å²) in [5.41, 5.74) is 6.08. The van der Waals surface area contributed by atoms with Crippen LogP contribution in [0.15, 0.2) is 29.2 Å². The lowest BCUT2D eigenvalue weighted by Crippen LogP contribution is -2.45. The quantitative estimate of drug-likeness (QED) is 0.810. The number of nitrogens with zero attached hydrogens (tertiary/aromatic N) is 1. The van der Waals surface area contributed by atoms with E-state index in [1.54, 1.807) is 28.6 Å². The average Bonchev–Trinajstić information content (AvgIpc) is 2.83. The van der Waals surface area contributed by atoms with Crippen LogP contribution in [0.4, 0.5) is 0 Å². The van der Waals surface area contributed by atoms with E-state index in [9.17, 15) is 8.42 Å². The Kier molecular flexibility index (Phi) is 4.00. The van der Waals surface area contributed by atoms with Gasteiger partial charge in [-0.15, -0.1) is 0 Å². The van der Waals surface area contributed by atoms with Gasteiger partial charge in [-0.25, -0.2) is 8.42 Å². The number of benzene rings is 1. The molecule has 0 spiro atoms. The van der Waals surface area contributed by atoms with Gasteiger partial charge < -0.3 is 10.5 Å². The minimum Gasteiger partial charge on any atom is -0.372 e. The van der Waals surface area contributed by atoms with Gasteiger partial charge in [-0.3, -0.25) is 0 Å². The number of sulfonamides is 1. The molecule has 0 aliphatic carbocycles. The summed E-state index contributed by atoms with van der Waals surface area (Å²) in [6.07, 6.45) is 2.00. The van der Waals surface area contributed by atoms with E-state index in [1.807, 2.05) is 0 Å². The van der Waals surface area contributed by atoms with Gasteiger partial charge >= 0.3 is 0 Å². The van der Waals surface area contributed by atoms with Crippen LogP contribution < -0.4 is 5.73 Å². The van der Waals surface area contributed by atoms with Crippen LogP contribution in [-0.2, 0) is 14.8 Å². The highest BCUT2D eigenvalue weighted by atomic mass is 32.2. The molecule has 2 aliphatic rings. The van der Waals surface area contributed by atoms with Gasteiger partial charge in [-0.05, 0) is 37.1 Å². The van der Waals surface area contributed by atoms with Gasteiger partial charge in [-0.2, -0.15) is 4.31 Å². The van der Waals surface area contributed by atoms with Crippen molar-refractivity contribution in [2.45, 2.75) is 29.9 Å². The highest BCUT2D eigenvalue weighted by molar-refractivity contribution is 7.89. The Bertz CT molecular complexity index is 661. The molecular formula is C15H18N2O3S. The molecule has 1 aromatic carbocycles. The Labute approximate surface area is 125 Å². The van der Waals surface area contributed by atoms with Crippen LogP contribution in [0, 0.1) is 11.8 Å². The van der Waals surface area contributed by atoms with Gasteiger partial charge in [0.2, 0.25) is 10.0 Å². The zero-order valence-electron chi connectivity index (χ0n) is 11.7. The molecule has 21 heavy (non-hydrogen) atoms. The van der Waals surface area contributed by atoms with Crippen LogP contribution in [0.5, 0.6) is 0 Å². The van der Waals surface area contributed by atoms with E-state index in [0.29, 0.717) is 18.0 Å². The van der Waals surface area contributed by atoms with Gasteiger partial charge in [0.25, 0.3) is 0 Å². The highest BCUT2D eigenvalue weighted by Crippen LogP contribution is 2.29. The third-order valence-electron chi connectivity index (χ3n) is 3.84. The van der Waals surface area contributed by atoms with Crippen molar-refractivity contribution < 1.29 is 13.2 Å². The maximum Gasteiger partial charge on any atom is 0.243 e. The van der Waals surface area contributed by atoms with Crippen molar-refractivity contribution in [1.82, 2.24) is 4.31 Å². The third kappa shape index (κ3) is 2.97. The predicted octanol–water partition coefficient (Wildman–Crippen LogP) is 0.549. The summed E-state index contributed by atoms with van der Waals surface area (Å²) in [6, 6.07) is 6.63. The maximum atomic E-state index is 12.6. The van der Waals surface area contributed by atoms with Crippen molar-refractivity contribution in [2.24, 2.45) is 5.73 Å². The van der Waals surface area contributed by atoms with E-state index < -0.39 is 10.0 Å². The number of hydrogen-bond donors (Lipinski definition) is 1. The van der Waals surface area contributed by atoms with Gasteiger partial charge in [0.15, 0.2) is 0 Å². The van der Waals surface area contributed by atoms with Crippen molar-refractivity contribution >= 4 is 10.0 Å². The number of rotatable bonds is 2. The van der Waals surface area contributed by atoms with Crippen LogP contribution in [0.25, 0.3) is 0 Å². The number of ether oxygens (including phenoxy) is 1. The first-order valence-corrected chi connectivity index (χ1v) is 8.48. The van der Waals surface area contributed by atoms with E-state index in [2.05, 4.69) is 11.8 Å². The van der Waals surface area contributed by atoms with Gasteiger partial charge in [0, 0.05) is 18.7 Å². The van der Waals surface area contributed by atoms with Crippen LogP contribution in [-0.4, -0.2) is 44.6 Å². The maximum absolute atomic E-state index is 12.6. The molecule has 2 fully saturated rings. The molecule has 0 saturated carbocycles. The molecule has 5 nitrogen and oxygen atoms in total. The lowest BCUT2D eigenvalue weighted by atomic mass is 10.2. The molecule has 2 heterocycles. The summed E-state index contributed by atoms with van der Waals surface area (Å²) in [5.74, 6) is 5.63. The van der Waals surface area contributed by atoms with Gasteiger partial charge in [0.1, 0.15) is 0 Å². The molecule has 2 atom stereocenters. The first-order valence-electron chi connectivity index (χ1n) is 7.04. The topological polar surface area (TPSA) is 72.6 Å². The fraction of sp³-hybridized carbons (Fsp3) is 0.467. The molecule has 0 aromatic heterocycles. The number of nitrogens with two attached hydrogens (primary N) is 1. The Morgan fingerprint density at radius 3 is 2.38 bits per heavy atom. The Balaban J connectivity index is 1.81. The number of morpholine rings is 1. The Morgan fingerprint density at radius 2 is 1.81 bits per heavy atom. The van der Waals surface area contributed by atoms with E-state index >= 15 is 0 Å². The van der Waals surface area contributed by atoms with E-state index in [1.165, 1.54) is 0 Å². The van der Waals surface area contributed by atoms with Crippen molar-refractivity contribution in [3.63, 3.8) is 0 Å². The summed E-state index contributed by atoms with van der Waals surface area (Å²) >= 11 is 0. The summed E-state index contributed by atoms with van der Waals surface area (Å²) in [6.45, 7) is 1.19. The van der Waals surface area contributed by atoms with E-state index in [4.69, 9.17) is 10.5 Å². The van der Waals surface area contributed by atoms with Crippen LogP contribution in [0.3, 0.4) is 0 Å². The smallest absolute Gasteiger partial charge is 0.243 e. The van der Waals surface area contributed by atoms with Gasteiger partial charge in [0.05, 0.1) is 23.6 Å². The summed E-state index contributed by atoms with van der Waals surface area (Å²) in [4.78, 5) is 0.307. The lowest BCUT2D eigenvalue weighted by Gasteiger charge is -2.31. The molecule has 0 radical (unpaired) electrons. The number of hydrogen-bond acceptors (Lipinski definition) is 4. The second kappa shape index (κ2) is 5.78. The second-order valence-corrected chi connectivity index (χ2v) is 7.25. The molecule has 6 heteroatoms. The predicted molar refractivity (Wildman–Crippen MR) is 79.0 cm³/mol. The van der Waals surface area contributed by atoms with Crippen LogP contribution in [0.2, 0.25) is 0 Å². The molecule has 2 aliphatic heterocycles. The molecule has 112 valence electrons. The van der Waals surface area contributed by atoms with Crippen molar-refractivity contribution in [1.29, 1.82) is 0 Å². The zero-order chi connectivity index (χ0) is 14.9. The standard InChI is InChI=1S/C15H18N2O3S/c16-9-1-2-12-3-7-15(8-4-12)21(18,19)17-10-13-5-6-14(11-17)20-13/h3-4,7-8,13-14H,5-6,9-11,16H2. The summed E-state index contributed by atoms with van der Waals surface area (Å²) in [7, 11) is -3.44. The summed E-state index contributed by atoms with van der Waals surface area (Å²) in [5, 5.41) is 0. The molecule has 3 rings (SSSR count). The zero-order valence-corrected chi connectivity index (χ0v) is 12.5. The Hall–Kier alpha value is -1.39. The van der Waals surface area contributed by atoms with Crippen LogP contribution in [0.1, 0.15) is 18.4 Å². The monoisotopic (exact) mass is 306 g/mol. The average molecular weight is 306 g/mol. The van der Waals surface area contributed by atoms with Crippen molar-refractivity contribution in [2.75, 3.05) is 19.6 Å². The summed E-state index contributed by atoms with van der Waals surface area (Å²) < 4.78 is 32.5. The lowest BCUT2D eigenvalue weighted by molar-refractivity contribution is -0.0114. The third-order valence-corrected chi connectivity index (χ3v) is 5.68. The van der Waals surface area contributed by atoms with Crippen LogP contribution >= 0.6 is 0 Å². The fourth-order valence-electron chi connectivity index (χ4n) is 2.79. The number of fused-ring (bicyclic) bond motifs is 2. The molecule has 0 amide bonds. The first kappa shape index (κ1) is 14.5. The molecule has 2 unspecified atom stereocenters. The largest absolute Gasteiger partial charge is 0.372 e. The first-order chi connectivity index (χ1) is 10.1. The molecule has 2 N–H and O–H groups in total. The second-order valence-electron chi connectivity index (χ2n) is 5.31. The highest BCUT2D eigenvalue weighted by Gasteiger charge is 2.39.